The Kier molecular flexibility index (Phi) is 13.6. The molecule has 12 nitrogen and oxygen atoms in total. The molecule has 15 heteroatoms. The molecule has 0 aromatic heterocycles. The minimum atomic E-state index is -3.62. The maximum absolute atomic E-state index is 12.5. The van der Waals surface area contributed by atoms with Gasteiger partial charge in [-0.05, 0) is 0 Å². The zero-order chi connectivity index (χ0) is 26.4. The second-order valence-corrected chi connectivity index (χ2v) is 13.1. The minimum Gasteiger partial charge on any atom is -0.354 e. The molecule has 0 aromatic rings. The van der Waals surface area contributed by atoms with Crippen LogP contribution >= 0.6 is 0 Å². The molecule has 0 aromatic carbocycles. The molecule has 0 bridgehead atoms. The summed E-state index contributed by atoms with van der Waals surface area (Å²) in [6, 6.07) is 0. The van der Waals surface area contributed by atoms with Crippen LogP contribution in [0.1, 0.15) is 19.3 Å². The zero-order valence-electron chi connectivity index (χ0n) is 18.8. The summed E-state index contributed by atoms with van der Waals surface area (Å²) in [7, 11) is -10.7. The number of carbonyl (C=O) groups is 3. The summed E-state index contributed by atoms with van der Waals surface area (Å²) in [5, 5.41) is 7.16. The number of carbonyl (C=O) groups excluding carboxylic acids is 3. The fourth-order valence-corrected chi connectivity index (χ4v) is 4.21. The standard InChI is InChI=1S/C19H31N3O9S3/c1-4-32(26,27)14-7-17(23)20-10-12-22(19(25)9-16-34(30,31)6-3)13-11-21-18(24)8-15-33(28,29)5-2/h4-6H,1-3,7-16H2,(H,20,23)(H,21,24). The molecular weight excluding hydrogens is 510 g/mol. The van der Waals surface area contributed by atoms with Gasteiger partial charge in [-0.1, -0.05) is 19.7 Å². The first-order valence-corrected chi connectivity index (χ1v) is 15.2. The molecule has 0 aliphatic rings. The topological polar surface area (TPSA) is 181 Å². The third-order valence-corrected chi connectivity index (χ3v) is 8.19. The fraction of sp³-hybridized carbons (Fsp3) is 0.526. The SMILES string of the molecule is C=CS(=O)(=O)CCC(=O)NCCN(CCNC(=O)CCS(=O)(=O)C=C)C(=O)CCS(=O)(=O)C=C. The van der Waals surface area contributed by atoms with Gasteiger partial charge in [-0.2, -0.15) is 0 Å². The molecule has 0 spiro atoms. The summed E-state index contributed by atoms with van der Waals surface area (Å²) >= 11 is 0. The second-order valence-electron chi connectivity index (χ2n) is 6.93. The molecule has 0 radical (unpaired) electrons. The van der Waals surface area contributed by atoms with E-state index < -0.39 is 64.5 Å². The van der Waals surface area contributed by atoms with Gasteiger partial charge in [-0.15, -0.1) is 0 Å². The monoisotopic (exact) mass is 541 g/mol. The van der Waals surface area contributed by atoms with Crippen LogP contribution in [-0.4, -0.2) is 91.3 Å². The first kappa shape index (κ1) is 31.5. The van der Waals surface area contributed by atoms with Crippen LogP contribution in [0.2, 0.25) is 0 Å². The lowest BCUT2D eigenvalue weighted by Crippen LogP contribution is -2.43. The molecule has 0 atom stereocenters. The average molecular weight is 542 g/mol. The smallest absolute Gasteiger partial charge is 0.223 e. The molecule has 0 saturated carbocycles. The van der Waals surface area contributed by atoms with Crippen LogP contribution in [0.4, 0.5) is 0 Å². The Labute approximate surface area is 200 Å². The number of nitrogens with zero attached hydrogens (tertiary/aromatic N) is 1. The summed E-state index contributed by atoms with van der Waals surface area (Å²) in [5.41, 5.74) is 0. The first-order chi connectivity index (χ1) is 15.7. The van der Waals surface area contributed by atoms with Crippen LogP contribution in [0.3, 0.4) is 0 Å². The number of hydrogen-bond acceptors (Lipinski definition) is 9. The van der Waals surface area contributed by atoms with E-state index in [9.17, 15) is 39.6 Å². The molecule has 0 saturated heterocycles. The largest absolute Gasteiger partial charge is 0.354 e. The van der Waals surface area contributed by atoms with Crippen molar-refractivity contribution in [2.75, 3.05) is 43.4 Å². The van der Waals surface area contributed by atoms with Crippen LogP contribution in [0.25, 0.3) is 0 Å². The van der Waals surface area contributed by atoms with Crippen molar-refractivity contribution in [3.8, 4) is 0 Å². The van der Waals surface area contributed by atoms with Crippen LogP contribution in [-0.2, 0) is 43.9 Å². The Balaban J connectivity index is 4.85. The molecule has 0 heterocycles. The highest BCUT2D eigenvalue weighted by atomic mass is 32.2. The van der Waals surface area contributed by atoms with Gasteiger partial charge >= 0.3 is 0 Å². The van der Waals surface area contributed by atoms with E-state index in [4.69, 9.17) is 0 Å². The predicted octanol–water partition coefficient (Wildman–Crippen LogP) is -1.11. The lowest BCUT2D eigenvalue weighted by atomic mass is 10.3. The van der Waals surface area contributed by atoms with Gasteiger partial charge in [-0.3, -0.25) is 14.4 Å². The first-order valence-electron chi connectivity index (χ1n) is 10.0. The van der Waals surface area contributed by atoms with E-state index in [-0.39, 0.29) is 45.4 Å². The highest BCUT2D eigenvalue weighted by Gasteiger charge is 2.18. The van der Waals surface area contributed by atoms with E-state index in [1.807, 2.05) is 0 Å². The van der Waals surface area contributed by atoms with Crippen molar-refractivity contribution in [3.63, 3.8) is 0 Å². The normalized spacial score (nSPS) is 11.8. The molecule has 0 rings (SSSR count). The molecule has 194 valence electrons. The van der Waals surface area contributed by atoms with E-state index in [1.165, 1.54) is 4.90 Å². The van der Waals surface area contributed by atoms with Gasteiger partial charge in [-0.25, -0.2) is 25.3 Å². The van der Waals surface area contributed by atoms with Gasteiger partial charge in [0.25, 0.3) is 0 Å². The average Bonchev–Trinajstić information content (AvgIpc) is 2.79. The summed E-state index contributed by atoms with van der Waals surface area (Å²) < 4.78 is 68.6. The number of hydrogen-bond donors (Lipinski definition) is 2. The Morgan fingerprint density at radius 1 is 0.618 bits per heavy atom. The second kappa shape index (κ2) is 14.7. The highest BCUT2D eigenvalue weighted by molar-refractivity contribution is 7.94. The minimum absolute atomic E-state index is 0.0341. The Morgan fingerprint density at radius 2 is 0.941 bits per heavy atom. The van der Waals surface area contributed by atoms with E-state index >= 15 is 0 Å². The molecule has 2 N–H and O–H groups in total. The molecular formula is C19H31N3O9S3. The zero-order valence-corrected chi connectivity index (χ0v) is 21.2. The van der Waals surface area contributed by atoms with Crippen molar-refractivity contribution in [1.29, 1.82) is 0 Å². The van der Waals surface area contributed by atoms with Crippen LogP contribution in [0.15, 0.2) is 36.0 Å². The Hall–Kier alpha value is -2.52. The van der Waals surface area contributed by atoms with Gasteiger partial charge in [0.05, 0.1) is 17.3 Å². The highest BCUT2D eigenvalue weighted by Crippen LogP contribution is 2.01. The quantitative estimate of drug-likeness (QED) is 0.217. The maximum Gasteiger partial charge on any atom is 0.223 e. The van der Waals surface area contributed by atoms with E-state index in [0.29, 0.717) is 0 Å². The van der Waals surface area contributed by atoms with Gasteiger partial charge in [0, 0.05) is 61.7 Å². The van der Waals surface area contributed by atoms with Crippen molar-refractivity contribution >= 4 is 47.2 Å². The van der Waals surface area contributed by atoms with E-state index in [0.717, 1.165) is 16.2 Å². The number of nitrogens with one attached hydrogen (secondary N) is 2. The third kappa shape index (κ3) is 14.6. The molecule has 0 aliphatic heterocycles. The summed E-state index contributed by atoms with van der Waals surface area (Å²) in [6.45, 7) is 9.31. The van der Waals surface area contributed by atoms with Crippen molar-refractivity contribution in [1.82, 2.24) is 15.5 Å². The van der Waals surface area contributed by atoms with Crippen LogP contribution in [0.5, 0.6) is 0 Å². The molecule has 0 aliphatic carbocycles. The molecule has 0 fully saturated rings. The van der Waals surface area contributed by atoms with Gasteiger partial charge < -0.3 is 15.5 Å². The Morgan fingerprint density at radius 3 is 1.26 bits per heavy atom. The number of amides is 3. The molecule has 34 heavy (non-hydrogen) atoms. The predicted molar refractivity (Wildman–Crippen MR) is 128 cm³/mol. The lowest BCUT2D eigenvalue weighted by molar-refractivity contribution is -0.131. The Bertz CT molecular complexity index is 1020. The van der Waals surface area contributed by atoms with Crippen molar-refractivity contribution in [3.05, 3.63) is 36.0 Å². The van der Waals surface area contributed by atoms with Gasteiger partial charge in [0.15, 0.2) is 29.5 Å². The van der Waals surface area contributed by atoms with Crippen molar-refractivity contribution < 1.29 is 39.6 Å². The molecule has 0 unspecified atom stereocenters. The van der Waals surface area contributed by atoms with Crippen LogP contribution in [0, 0.1) is 0 Å². The number of sulfone groups is 3. The lowest BCUT2D eigenvalue weighted by Gasteiger charge is -2.23. The summed E-state index contributed by atoms with van der Waals surface area (Å²) in [4.78, 5) is 37.3. The molecule has 3 amide bonds. The fourth-order valence-electron chi connectivity index (χ4n) is 2.31. The summed E-state index contributed by atoms with van der Waals surface area (Å²) in [6.07, 6.45) is -0.960. The van der Waals surface area contributed by atoms with Crippen molar-refractivity contribution in [2.24, 2.45) is 0 Å². The van der Waals surface area contributed by atoms with Crippen molar-refractivity contribution in [2.45, 2.75) is 19.3 Å². The summed E-state index contributed by atoms with van der Waals surface area (Å²) in [5.74, 6) is -3.00. The third-order valence-electron chi connectivity index (χ3n) is 4.35. The van der Waals surface area contributed by atoms with Gasteiger partial charge in [0.1, 0.15) is 0 Å². The van der Waals surface area contributed by atoms with E-state index in [2.05, 4.69) is 30.4 Å². The van der Waals surface area contributed by atoms with Gasteiger partial charge in [0.2, 0.25) is 17.7 Å². The maximum atomic E-state index is 12.5. The van der Waals surface area contributed by atoms with Crippen LogP contribution < -0.4 is 10.6 Å². The number of rotatable bonds is 18. The van der Waals surface area contributed by atoms with E-state index in [1.54, 1.807) is 0 Å².